The second-order valence-electron chi connectivity index (χ2n) is 4.77. The molecule has 2 heteroatoms. The van der Waals surface area contributed by atoms with Crippen LogP contribution in [0.3, 0.4) is 0 Å². The van der Waals surface area contributed by atoms with Gasteiger partial charge in [-0.2, -0.15) is 0 Å². The minimum atomic E-state index is 0.0971. The van der Waals surface area contributed by atoms with E-state index >= 15 is 0 Å². The molecule has 1 fully saturated rings. The molecule has 2 atom stereocenters. The standard InChI is InChI=1S/C15H16N2/c1-10-7-11(2)15(17-8-10)13-5-3-12(4-6-13)14-9-16-14/h3-8,14-16H,2,9H2,1H3. The van der Waals surface area contributed by atoms with E-state index in [0.29, 0.717) is 6.04 Å². The Morgan fingerprint density at radius 2 is 1.88 bits per heavy atom. The highest BCUT2D eigenvalue weighted by Crippen LogP contribution is 2.30. The Balaban J connectivity index is 1.84. The summed E-state index contributed by atoms with van der Waals surface area (Å²) >= 11 is 0. The van der Waals surface area contributed by atoms with E-state index in [2.05, 4.69) is 47.2 Å². The van der Waals surface area contributed by atoms with Gasteiger partial charge in [0.15, 0.2) is 0 Å². The Hall–Kier alpha value is -1.67. The molecule has 2 nitrogen and oxygen atoms in total. The van der Waals surface area contributed by atoms with Gasteiger partial charge in [0.05, 0.1) is 6.04 Å². The van der Waals surface area contributed by atoms with Crippen molar-refractivity contribution in [2.24, 2.45) is 4.99 Å². The van der Waals surface area contributed by atoms with Crippen LogP contribution in [-0.4, -0.2) is 12.8 Å². The lowest BCUT2D eigenvalue weighted by Crippen LogP contribution is -2.03. The van der Waals surface area contributed by atoms with Crippen molar-refractivity contribution >= 4 is 6.21 Å². The molecular formula is C15H16N2. The smallest absolute Gasteiger partial charge is 0.0993 e. The predicted octanol–water partition coefficient (Wildman–Crippen LogP) is 2.96. The van der Waals surface area contributed by atoms with E-state index in [1.807, 2.05) is 13.1 Å². The summed E-state index contributed by atoms with van der Waals surface area (Å²) < 4.78 is 0. The van der Waals surface area contributed by atoms with E-state index in [0.717, 1.165) is 12.1 Å². The van der Waals surface area contributed by atoms with Gasteiger partial charge in [-0.15, -0.1) is 0 Å². The third kappa shape index (κ3) is 2.08. The number of allylic oxidation sites excluding steroid dienone is 1. The molecule has 2 heterocycles. The van der Waals surface area contributed by atoms with Gasteiger partial charge in [0.25, 0.3) is 0 Å². The summed E-state index contributed by atoms with van der Waals surface area (Å²) in [6.45, 7) is 7.24. The van der Waals surface area contributed by atoms with Gasteiger partial charge in [-0.3, -0.25) is 4.99 Å². The number of benzene rings is 1. The summed E-state index contributed by atoms with van der Waals surface area (Å²) in [4.78, 5) is 4.54. The Labute approximate surface area is 102 Å². The summed E-state index contributed by atoms with van der Waals surface area (Å²) in [6, 6.07) is 9.37. The van der Waals surface area contributed by atoms with Gasteiger partial charge in [0.1, 0.15) is 0 Å². The third-order valence-corrected chi connectivity index (χ3v) is 3.25. The fourth-order valence-electron chi connectivity index (χ4n) is 2.20. The number of dihydropyridines is 1. The molecule has 2 unspecified atom stereocenters. The number of nitrogens with one attached hydrogen (secondary N) is 1. The number of hydrogen-bond donors (Lipinski definition) is 1. The lowest BCUT2D eigenvalue weighted by Gasteiger charge is -2.17. The van der Waals surface area contributed by atoms with Crippen molar-refractivity contribution in [2.75, 3.05) is 6.54 Å². The Kier molecular flexibility index (Phi) is 2.45. The summed E-state index contributed by atoms with van der Waals surface area (Å²) in [7, 11) is 0. The Morgan fingerprint density at radius 1 is 1.24 bits per heavy atom. The van der Waals surface area contributed by atoms with Crippen LogP contribution in [-0.2, 0) is 0 Å². The van der Waals surface area contributed by atoms with E-state index in [4.69, 9.17) is 0 Å². The minimum Gasteiger partial charge on any atom is -0.307 e. The molecule has 1 aromatic rings. The van der Waals surface area contributed by atoms with Crippen LogP contribution >= 0.6 is 0 Å². The number of hydrogen-bond acceptors (Lipinski definition) is 2. The van der Waals surface area contributed by atoms with Crippen molar-refractivity contribution in [3.63, 3.8) is 0 Å². The zero-order valence-corrected chi connectivity index (χ0v) is 9.98. The molecule has 0 amide bonds. The molecule has 0 saturated carbocycles. The lowest BCUT2D eigenvalue weighted by atomic mass is 9.95. The second kappa shape index (κ2) is 3.97. The van der Waals surface area contributed by atoms with Crippen molar-refractivity contribution in [1.82, 2.24) is 5.32 Å². The third-order valence-electron chi connectivity index (χ3n) is 3.25. The predicted molar refractivity (Wildman–Crippen MR) is 71.3 cm³/mol. The van der Waals surface area contributed by atoms with Gasteiger partial charge in [-0.1, -0.05) is 36.9 Å². The molecule has 3 rings (SSSR count). The van der Waals surface area contributed by atoms with Gasteiger partial charge >= 0.3 is 0 Å². The monoisotopic (exact) mass is 224 g/mol. The maximum atomic E-state index is 4.54. The highest BCUT2D eigenvalue weighted by molar-refractivity contribution is 5.80. The maximum Gasteiger partial charge on any atom is 0.0993 e. The Morgan fingerprint density at radius 3 is 2.47 bits per heavy atom. The van der Waals surface area contributed by atoms with Crippen LogP contribution in [0.15, 0.2) is 53.1 Å². The number of aliphatic imine (C=N–C) groups is 1. The first-order chi connectivity index (χ1) is 8.24. The molecular weight excluding hydrogens is 208 g/mol. The topological polar surface area (TPSA) is 34.3 Å². The molecule has 1 N–H and O–H groups in total. The average molecular weight is 224 g/mol. The van der Waals surface area contributed by atoms with Crippen LogP contribution in [0.4, 0.5) is 0 Å². The summed E-state index contributed by atoms with van der Waals surface area (Å²) in [5.74, 6) is 0. The van der Waals surface area contributed by atoms with Gasteiger partial charge in [0.2, 0.25) is 0 Å². The van der Waals surface area contributed by atoms with Gasteiger partial charge < -0.3 is 5.32 Å². The molecule has 1 aromatic carbocycles. The number of nitrogens with zero attached hydrogens (tertiary/aromatic N) is 1. The number of rotatable bonds is 2. The van der Waals surface area contributed by atoms with Crippen LogP contribution < -0.4 is 5.32 Å². The van der Waals surface area contributed by atoms with E-state index in [1.54, 1.807) is 0 Å². The highest BCUT2D eigenvalue weighted by Gasteiger charge is 2.22. The zero-order valence-electron chi connectivity index (χ0n) is 9.98. The molecule has 2 aliphatic heterocycles. The van der Waals surface area contributed by atoms with Crippen LogP contribution in [0.2, 0.25) is 0 Å². The van der Waals surface area contributed by atoms with Crippen molar-refractivity contribution in [1.29, 1.82) is 0 Å². The molecule has 2 aliphatic rings. The van der Waals surface area contributed by atoms with E-state index in [-0.39, 0.29) is 6.04 Å². The van der Waals surface area contributed by atoms with Crippen molar-refractivity contribution < 1.29 is 0 Å². The van der Waals surface area contributed by atoms with Crippen LogP contribution in [0.1, 0.15) is 30.1 Å². The van der Waals surface area contributed by atoms with Crippen molar-refractivity contribution in [2.45, 2.75) is 19.0 Å². The van der Waals surface area contributed by atoms with Gasteiger partial charge in [-0.25, -0.2) is 0 Å². The Bertz CT molecular complexity index is 504. The maximum absolute atomic E-state index is 4.54. The van der Waals surface area contributed by atoms with E-state index in [9.17, 15) is 0 Å². The van der Waals surface area contributed by atoms with E-state index < -0.39 is 0 Å². The highest BCUT2D eigenvalue weighted by atomic mass is 15.1. The lowest BCUT2D eigenvalue weighted by molar-refractivity contribution is 0.868. The van der Waals surface area contributed by atoms with Crippen LogP contribution in [0.5, 0.6) is 0 Å². The molecule has 17 heavy (non-hydrogen) atoms. The molecule has 0 aliphatic carbocycles. The quantitative estimate of drug-likeness (QED) is 0.770. The summed E-state index contributed by atoms with van der Waals surface area (Å²) in [5.41, 5.74) is 4.83. The second-order valence-corrected chi connectivity index (χ2v) is 4.77. The van der Waals surface area contributed by atoms with Crippen molar-refractivity contribution in [3.05, 3.63) is 59.2 Å². The van der Waals surface area contributed by atoms with Crippen LogP contribution in [0, 0.1) is 0 Å². The zero-order chi connectivity index (χ0) is 11.8. The molecule has 0 aromatic heterocycles. The normalized spacial score (nSPS) is 26.9. The molecule has 0 radical (unpaired) electrons. The average Bonchev–Trinajstić information content (AvgIpc) is 3.13. The fraction of sp³-hybridized carbons (Fsp3) is 0.267. The molecule has 0 bridgehead atoms. The van der Waals surface area contributed by atoms with Crippen LogP contribution in [0.25, 0.3) is 0 Å². The summed E-state index contributed by atoms with van der Waals surface area (Å²) in [6.07, 6.45) is 4.03. The molecule has 1 saturated heterocycles. The molecule has 0 spiro atoms. The fourth-order valence-corrected chi connectivity index (χ4v) is 2.20. The first-order valence-corrected chi connectivity index (χ1v) is 5.97. The van der Waals surface area contributed by atoms with E-state index in [1.165, 1.54) is 16.7 Å². The minimum absolute atomic E-state index is 0.0971. The summed E-state index contributed by atoms with van der Waals surface area (Å²) in [5, 5.41) is 3.31. The van der Waals surface area contributed by atoms with Crippen molar-refractivity contribution in [3.8, 4) is 0 Å². The first-order valence-electron chi connectivity index (χ1n) is 5.97. The SMILES string of the molecule is C=C1C=C(C)C=NC1c1ccc(C2CN2)cc1. The van der Waals surface area contributed by atoms with Gasteiger partial charge in [0, 0.05) is 18.8 Å². The largest absolute Gasteiger partial charge is 0.307 e. The molecule has 86 valence electrons. The first kappa shape index (κ1) is 10.5. The van der Waals surface area contributed by atoms with Gasteiger partial charge in [-0.05, 0) is 29.2 Å².